The van der Waals surface area contributed by atoms with Gasteiger partial charge in [-0.1, -0.05) is 48.5 Å². The molecule has 29 heavy (non-hydrogen) atoms. The van der Waals surface area contributed by atoms with Gasteiger partial charge >= 0.3 is 5.97 Å². The van der Waals surface area contributed by atoms with E-state index in [-0.39, 0.29) is 30.9 Å². The van der Waals surface area contributed by atoms with Crippen molar-refractivity contribution in [3.05, 3.63) is 71.8 Å². The normalized spacial score (nSPS) is 20.0. The van der Waals surface area contributed by atoms with Crippen LogP contribution in [0.2, 0.25) is 0 Å². The second kappa shape index (κ2) is 9.34. The van der Waals surface area contributed by atoms with Crippen molar-refractivity contribution in [1.29, 1.82) is 0 Å². The number of ether oxygens (including phenoxy) is 1. The van der Waals surface area contributed by atoms with Crippen LogP contribution in [0.1, 0.15) is 35.3 Å². The number of carboxylic acids is 1. The second-order valence-electron chi connectivity index (χ2n) is 7.08. The molecule has 1 fully saturated rings. The van der Waals surface area contributed by atoms with Gasteiger partial charge in [0.15, 0.2) is 6.10 Å². The number of nitrogens with one attached hydrogen (secondary N) is 1. The van der Waals surface area contributed by atoms with Crippen LogP contribution in [-0.4, -0.2) is 53.1 Å². The van der Waals surface area contributed by atoms with Crippen molar-refractivity contribution in [2.75, 3.05) is 13.1 Å². The van der Waals surface area contributed by atoms with Gasteiger partial charge in [-0.3, -0.25) is 9.59 Å². The summed E-state index contributed by atoms with van der Waals surface area (Å²) in [5.41, 5.74) is 1.31. The molecule has 0 saturated carbocycles. The fourth-order valence-corrected chi connectivity index (χ4v) is 3.36. The molecular formula is C22H24N2O5. The van der Waals surface area contributed by atoms with E-state index in [1.807, 2.05) is 36.4 Å². The summed E-state index contributed by atoms with van der Waals surface area (Å²) in [5, 5.41) is 12.2. The Morgan fingerprint density at radius 2 is 1.69 bits per heavy atom. The number of morpholine rings is 1. The molecule has 3 atom stereocenters. The van der Waals surface area contributed by atoms with Gasteiger partial charge in [0, 0.05) is 12.1 Å². The van der Waals surface area contributed by atoms with E-state index in [9.17, 15) is 19.5 Å². The molecule has 7 nitrogen and oxygen atoms in total. The number of hydrogen-bond donors (Lipinski definition) is 2. The zero-order valence-corrected chi connectivity index (χ0v) is 16.2. The summed E-state index contributed by atoms with van der Waals surface area (Å²) in [6, 6.07) is 17.5. The summed E-state index contributed by atoms with van der Waals surface area (Å²) < 4.78 is 5.38. The van der Waals surface area contributed by atoms with Gasteiger partial charge in [0.2, 0.25) is 5.91 Å². The Hall–Kier alpha value is -3.19. The molecule has 152 valence electrons. The van der Waals surface area contributed by atoms with Crippen molar-refractivity contribution in [1.82, 2.24) is 10.2 Å². The van der Waals surface area contributed by atoms with Gasteiger partial charge in [0.1, 0.15) is 0 Å². The number of carboxylic acid groups (broad SMARTS) is 1. The highest BCUT2D eigenvalue weighted by molar-refractivity contribution is 5.94. The van der Waals surface area contributed by atoms with Crippen molar-refractivity contribution in [2.24, 2.45) is 0 Å². The number of aliphatic carboxylic acids is 1. The van der Waals surface area contributed by atoms with Crippen LogP contribution < -0.4 is 5.32 Å². The van der Waals surface area contributed by atoms with Crippen LogP contribution in [0.3, 0.4) is 0 Å². The zero-order chi connectivity index (χ0) is 20.8. The highest BCUT2D eigenvalue weighted by Crippen LogP contribution is 2.21. The van der Waals surface area contributed by atoms with Crippen molar-refractivity contribution in [3.8, 4) is 0 Å². The zero-order valence-electron chi connectivity index (χ0n) is 16.2. The molecule has 3 rings (SSSR count). The first kappa shape index (κ1) is 20.5. The van der Waals surface area contributed by atoms with E-state index in [4.69, 9.17) is 4.74 Å². The van der Waals surface area contributed by atoms with Gasteiger partial charge < -0.3 is 20.1 Å². The molecule has 7 heteroatoms. The Bertz CT molecular complexity index is 856. The molecule has 0 aliphatic carbocycles. The molecule has 2 N–H and O–H groups in total. The van der Waals surface area contributed by atoms with E-state index in [1.165, 1.54) is 4.90 Å². The predicted molar refractivity (Wildman–Crippen MR) is 106 cm³/mol. The number of rotatable bonds is 6. The third kappa shape index (κ3) is 5.42. The Balaban J connectivity index is 1.75. The summed E-state index contributed by atoms with van der Waals surface area (Å²) in [5.74, 6) is -1.59. The molecule has 2 aromatic rings. The number of benzene rings is 2. The standard InChI is InChI=1S/C22H24N2O5/c1-15-13-24(14-19(29-15)22(27)28)20(25)12-18(16-8-4-2-5-9-16)23-21(26)17-10-6-3-7-11-17/h2-11,15,18-19H,12-14H2,1H3,(H,23,26)(H,27,28)/t15-,18?,19?/m1/s1. The lowest BCUT2D eigenvalue weighted by atomic mass is 10.0. The maximum atomic E-state index is 12.9. The van der Waals surface area contributed by atoms with E-state index < -0.39 is 18.1 Å². The molecule has 2 unspecified atom stereocenters. The minimum Gasteiger partial charge on any atom is -0.479 e. The van der Waals surface area contributed by atoms with Crippen molar-refractivity contribution in [3.63, 3.8) is 0 Å². The lowest BCUT2D eigenvalue weighted by Crippen LogP contribution is -2.52. The van der Waals surface area contributed by atoms with Gasteiger partial charge in [0.05, 0.1) is 25.1 Å². The molecule has 1 aliphatic rings. The topological polar surface area (TPSA) is 95.9 Å². The highest BCUT2D eigenvalue weighted by Gasteiger charge is 2.33. The maximum Gasteiger partial charge on any atom is 0.334 e. The Kier molecular flexibility index (Phi) is 6.61. The Morgan fingerprint density at radius 1 is 1.07 bits per heavy atom. The predicted octanol–water partition coefficient (Wildman–Crippen LogP) is 2.25. The van der Waals surface area contributed by atoms with E-state index in [2.05, 4.69) is 5.32 Å². The lowest BCUT2D eigenvalue weighted by Gasteiger charge is -2.35. The average Bonchev–Trinajstić information content (AvgIpc) is 2.74. The van der Waals surface area contributed by atoms with Crippen molar-refractivity contribution < 1.29 is 24.2 Å². The van der Waals surface area contributed by atoms with Crippen LogP contribution in [0.25, 0.3) is 0 Å². The minimum atomic E-state index is -1.09. The van der Waals surface area contributed by atoms with Crippen LogP contribution in [0.5, 0.6) is 0 Å². The molecule has 1 aliphatic heterocycles. The van der Waals surface area contributed by atoms with Gasteiger partial charge in [-0.25, -0.2) is 4.79 Å². The number of hydrogen-bond acceptors (Lipinski definition) is 4. The number of carbonyl (C=O) groups excluding carboxylic acids is 2. The molecule has 0 aromatic heterocycles. The molecule has 2 aromatic carbocycles. The molecule has 0 radical (unpaired) electrons. The number of nitrogens with zero attached hydrogens (tertiary/aromatic N) is 1. The first-order chi connectivity index (χ1) is 13.9. The van der Waals surface area contributed by atoms with Crippen LogP contribution in [0.4, 0.5) is 0 Å². The van der Waals surface area contributed by atoms with Crippen molar-refractivity contribution >= 4 is 17.8 Å². The van der Waals surface area contributed by atoms with Crippen LogP contribution in [0, 0.1) is 0 Å². The minimum absolute atomic E-state index is 0.00729. The number of amides is 2. The largest absolute Gasteiger partial charge is 0.479 e. The Labute approximate surface area is 169 Å². The summed E-state index contributed by atoms with van der Waals surface area (Å²) in [4.78, 5) is 38.4. The van der Waals surface area contributed by atoms with Gasteiger partial charge in [-0.15, -0.1) is 0 Å². The molecular weight excluding hydrogens is 372 g/mol. The van der Waals surface area contributed by atoms with E-state index in [0.29, 0.717) is 12.1 Å². The van der Waals surface area contributed by atoms with Crippen LogP contribution >= 0.6 is 0 Å². The fraction of sp³-hybridized carbons (Fsp3) is 0.318. The molecule has 2 amide bonds. The first-order valence-electron chi connectivity index (χ1n) is 9.51. The summed E-state index contributed by atoms with van der Waals surface area (Å²) in [6.07, 6.45) is -1.39. The summed E-state index contributed by atoms with van der Waals surface area (Å²) in [7, 11) is 0. The van der Waals surface area contributed by atoms with E-state index >= 15 is 0 Å². The average molecular weight is 396 g/mol. The van der Waals surface area contributed by atoms with E-state index in [0.717, 1.165) is 5.56 Å². The quantitative estimate of drug-likeness (QED) is 0.781. The molecule has 0 bridgehead atoms. The third-order valence-electron chi connectivity index (χ3n) is 4.81. The first-order valence-corrected chi connectivity index (χ1v) is 9.51. The van der Waals surface area contributed by atoms with E-state index in [1.54, 1.807) is 31.2 Å². The maximum absolute atomic E-state index is 12.9. The molecule has 1 heterocycles. The lowest BCUT2D eigenvalue weighted by molar-refractivity contribution is -0.166. The van der Waals surface area contributed by atoms with Crippen LogP contribution in [0.15, 0.2) is 60.7 Å². The monoisotopic (exact) mass is 396 g/mol. The van der Waals surface area contributed by atoms with Crippen LogP contribution in [-0.2, 0) is 14.3 Å². The summed E-state index contributed by atoms with van der Waals surface area (Å²) in [6.45, 7) is 2.05. The van der Waals surface area contributed by atoms with Crippen molar-refractivity contribution in [2.45, 2.75) is 31.6 Å². The fourth-order valence-electron chi connectivity index (χ4n) is 3.36. The molecule has 0 spiro atoms. The Morgan fingerprint density at radius 3 is 2.31 bits per heavy atom. The van der Waals surface area contributed by atoms with Gasteiger partial charge in [-0.05, 0) is 24.6 Å². The highest BCUT2D eigenvalue weighted by atomic mass is 16.5. The second-order valence-corrected chi connectivity index (χ2v) is 7.08. The SMILES string of the molecule is C[C@@H]1CN(C(=O)CC(NC(=O)c2ccccc2)c2ccccc2)CC(C(=O)O)O1. The smallest absolute Gasteiger partial charge is 0.334 e. The summed E-state index contributed by atoms with van der Waals surface area (Å²) >= 11 is 0. The van der Waals surface area contributed by atoms with Gasteiger partial charge in [0.25, 0.3) is 5.91 Å². The third-order valence-corrected chi connectivity index (χ3v) is 4.81. The van der Waals surface area contributed by atoms with Gasteiger partial charge in [-0.2, -0.15) is 0 Å². The molecule has 1 saturated heterocycles. The number of carbonyl (C=O) groups is 3.